The number of nitrogens with zero attached hydrogens (tertiary/aromatic N) is 4. The number of ether oxygens (including phenoxy) is 2. The monoisotopic (exact) mass is 527 g/mol. The van der Waals surface area contributed by atoms with Gasteiger partial charge in [-0.15, -0.1) is 13.2 Å². The van der Waals surface area contributed by atoms with Crippen molar-refractivity contribution < 1.29 is 32.2 Å². The van der Waals surface area contributed by atoms with Crippen LogP contribution in [0.4, 0.5) is 24.5 Å². The van der Waals surface area contributed by atoms with Crippen molar-refractivity contribution in [3.05, 3.63) is 72.6 Å². The molecule has 0 spiro atoms. The molecule has 0 radical (unpaired) electrons. The summed E-state index contributed by atoms with van der Waals surface area (Å²) in [5, 5.41) is 10.5. The minimum Gasteiger partial charge on any atom is -0.489 e. The zero-order valence-electron chi connectivity index (χ0n) is 20.1. The van der Waals surface area contributed by atoms with Gasteiger partial charge in [0.15, 0.2) is 0 Å². The normalized spacial score (nSPS) is 17.6. The van der Waals surface area contributed by atoms with Crippen molar-refractivity contribution in [3.63, 3.8) is 0 Å². The number of carbonyl (C=O) groups is 2. The van der Waals surface area contributed by atoms with E-state index in [1.165, 1.54) is 12.1 Å². The second-order valence-corrected chi connectivity index (χ2v) is 9.07. The van der Waals surface area contributed by atoms with Crippen LogP contribution in [0.2, 0.25) is 0 Å². The van der Waals surface area contributed by atoms with Crippen LogP contribution in [-0.4, -0.2) is 65.6 Å². The summed E-state index contributed by atoms with van der Waals surface area (Å²) in [6, 6.07) is 13.7. The molecule has 198 valence electrons. The number of likely N-dealkylation sites (tertiary alicyclic amines) is 1. The Bertz CT molecular complexity index is 1270. The fourth-order valence-corrected chi connectivity index (χ4v) is 4.37. The molecule has 2 aliphatic rings. The highest BCUT2D eigenvalue weighted by Crippen LogP contribution is 2.27. The molecule has 1 N–H and O–H groups in total. The molecular weight excluding hydrogens is 503 g/mol. The Labute approximate surface area is 216 Å². The maximum Gasteiger partial charge on any atom is 0.573 e. The summed E-state index contributed by atoms with van der Waals surface area (Å²) in [7, 11) is 0. The molecule has 2 aromatic carbocycles. The number of rotatable bonds is 7. The molecule has 2 amide bonds. The van der Waals surface area contributed by atoms with Crippen LogP contribution in [0.15, 0.2) is 67.0 Å². The Morgan fingerprint density at radius 3 is 2.29 bits per heavy atom. The summed E-state index contributed by atoms with van der Waals surface area (Å²) < 4.78 is 46.8. The lowest BCUT2D eigenvalue weighted by molar-refractivity contribution is -0.274. The van der Waals surface area contributed by atoms with Gasteiger partial charge in [0, 0.05) is 37.3 Å². The lowest BCUT2D eigenvalue weighted by Gasteiger charge is -2.39. The van der Waals surface area contributed by atoms with Gasteiger partial charge < -0.3 is 24.6 Å². The van der Waals surface area contributed by atoms with Crippen molar-refractivity contribution in [2.75, 3.05) is 36.4 Å². The summed E-state index contributed by atoms with van der Waals surface area (Å²) in [6.45, 7) is 2.04. The summed E-state index contributed by atoms with van der Waals surface area (Å²) in [5.74, 6) is -0.235. The summed E-state index contributed by atoms with van der Waals surface area (Å²) in [4.78, 5) is 28.9. The lowest BCUT2D eigenvalue weighted by atomic mass is 9.98. The maximum atomic E-state index is 12.7. The molecule has 0 bridgehead atoms. The maximum absolute atomic E-state index is 12.7. The molecule has 2 saturated heterocycles. The highest BCUT2D eigenvalue weighted by Gasteiger charge is 2.33. The first kappa shape index (κ1) is 25.3. The highest BCUT2D eigenvalue weighted by molar-refractivity contribution is 5.95. The summed E-state index contributed by atoms with van der Waals surface area (Å²) in [6.07, 6.45) is -1.11. The molecule has 3 heterocycles. The van der Waals surface area contributed by atoms with E-state index in [0.717, 1.165) is 17.8 Å². The second kappa shape index (κ2) is 10.6. The fourth-order valence-electron chi connectivity index (χ4n) is 4.37. The van der Waals surface area contributed by atoms with Crippen LogP contribution < -0.4 is 19.7 Å². The molecule has 0 aliphatic carbocycles. The zero-order valence-corrected chi connectivity index (χ0v) is 20.1. The molecule has 38 heavy (non-hydrogen) atoms. The number of alkyl halides is 3. The second-order valence-electron chi connectivity index (χ2n) is 9.07. The third kappa shape index (κ3) is 6.13. The van der Waals surface area contributed by atoms with E-state index in [2.05, 4.69) is 25.2 Å². The lowest BCUT2D eigenvalue weighted by Crippen LogP contribution is -2.52. The third-order valence-corrected chi connectivity index (χ3v) is 6.38. The average Bonchev–Trinajstić information content (AvgIpc) is 3.32. The Morgan fingerprint density at radius 1 is 0.921 bits per heavy atom. The molecule has 12 heteroatoms. The molecule has 3 aromatic rings. The van der Waals surface area contributed by atoms with E-state index in [4.69, 9.17) is 4.74 Å². The van der Waals surface area contributed by atoms with Crippen molar-refractivity contribution >= 4 is 23.2 Å². The summed E-state index contributed by atoms with van der Waals surface area (Å²) in [5.41, 5.74) is 1.87. The van der Waals surface area contributed by atoms with Crippen molar-refractivity contribution in [1.29, 1.82) is 0 Å². The zero-order chi connectivity index (χ0) is 26.7. The first-order chi connectivity index (χ1) is 18.2. The van der Waals surface area contributed by atoms with Crippen LogP contribution in [-0.2, 0) is 4.79 Å². The van der Waals surface area contributed by atoms with Gasteiger partial charge in [-0.05, 0) is 54.6 Å². The third-order valence-electron chi connectivity index (χ3n) is 6.38. The Morgan fingerprint density at radius 2 is 1.63 bits per heavy atom. The van der Waals surface area contributed by atoms with Gasteiger partial charge >= 0.3 is 6.36 Å². The minimum absolute atomic E-state index is 0.0557. The fraction of sp³-hybridized carbons (Fsp3) is 0.308. The Hall–Kier alpha value is -4.35. The van der Waals surface area contributed by atoms with Crippen molar-refractivity contribution in [2.24, 2.45) is 5.92 Å². The van der Waals surface area contributed by atoms with Gasteiger partial charge in [0.05, 0.1) is 30.5 Å². The predicted molar refractivity (Wildman–Crippen MR) is 131 cm³/mol. The smallest absolute Gasteiger partial charge is 0.489 e. The van der Waals surface area contributed by atoms with E-state index in [0.29, 0.717) is 44.0 Å². The van der Waals surface area contributed by atoms with E-state index < -0.39 is 6.36 Å². The van der Waals surface area contributed by atoms with E-state index in [1.807, 2.05) is 6.07 Å². The van der Waals surface area contributed by atoms with Gasteiger partial charge in [-0.3, -0.25) is 9.59 Å². The predicted octanol–water partition coefficient (Wildman–Crippen LogP) is 3.74. The van der Waals surface area contributed by atoms with Crippen LogP contribution in [0.3, 0.4) is 0 Å². The van der Waals surface area contributed by atoms with Gasteiger partial charge in [0.1, 0.15) is 17.6 Å². The molecule has 0 saturated carbocycles. The average molecular weight is 528 g/mol. The largest absolute Gasteiger partial charge is 0.573 e. The molecule has 1 aromatic heterocycles. The number of halogens is 3. The summed E-state index contributed by atoms with van der Waals surface area (Å²) >= 11 is 0. The number of carbonyl (C=O) groups excluding carboxylic acids is 2. The van der Waals surface area contributed by atoms with Gasteiger partial charge in [-0.25, -0.2) is 0 Å². The van der Waals surface area contributed by atoms with Gasteiger partial charge in [-0.1, -0.05) is 0 Å². The molecule has 9 nitrogen and oxygen atoms in total. The molecular formula is C26H24F3N5O4. The number of hydrogen-bond donors (Lipinski definition) is 1. The van der Waals surface area contributed by atoms with Crippen LogP contribution in [0.1, 0.15) is 16.8 Å². The number of nitrogens with one attached hydrogen (secondary N) is 1. The SMILES string of the molecule is O=C(Nc1ccc(O[C@@H]2CCN(C(=O)c3ccc(OC(F)(F)F)cc3)C2)cc1)C1CN(c2ccnnc2)C1. The van der Waals surface area contributed by atoms with E-state index >= 15 is 0 Å². The number of aromatic nitrogens is 2. The first-order valence-electron chi connectivity index (χ1n) is 12.0. The van der Waals surface area contributed by atoms with E-state index in [-0.39, 0.29) is 35.1 Å². The Balaban J connectivity index is 1.07. The molecule has 5 rings (SSSR count). The van der Waals surface area contributed by atoms with Crippen LogP contribution in [0.5, 0.6) is 11.5 Å². The van der Waals surface area contributed by atoms with E-state index in [1.54, 1.807) is 41.6 Å². The van der Waals surface area contributed by atoms with Crippen molar-refractivity contribution in [3.8, 4) is 11.5 Å². The van der Waals surface area contributed by atoms with Crippen LogP contribution in [0, 0.1) is 5.92 Å². The Kier molecular flexibility index (Phi) is 7.03. The van der Waals surface area contributed by atoms with Crippen LogP contribution in [0.25, 0.3) is 0 Å². The topological polar surface area (TPSA) is 96.9 Å². The minimum atomic E-state index is -4.79. The van der Waals surface area contributed by atoms with Crippen molar-refractivity contribution in [2.45, 2.75) is 18.9 Å². The van der Waals surface area contributed by atoms with Crippen molar-refractivity contribution in [1.82, 2.24) is 15.1 Å². The van der Waals surface area contributed by atoms with Gasteiger partial charge in [0.2, 0.25) is 5.91 Å². The first-order valence-corrected chi connectivity index (χ1v) is 12.0. The number of anilines is 2. The van der Waals surface area contributed by atoms with Crippen LogP contribution >= 0.6 is 0 Å². The quantitative estimate of drug-likeness (QED) is 0.500. The molecule has 2 aliphatic heterocycles. The molecule has 1 atom stereocenters. The molecule has 2 fully saturated rings. The van der Waals surface area contributed by atoms with Gasteiger partial charge in [0.25, 0.3) is 5.91 Å². The number of hydrogen-bond acceptors (Lipinski definition) is 7. The standard InChI is InChI=1S/C26H24F3N5O4/c27-26(28,29)38-22-5-1-17(2-6-22)25(36)33-12-10-23(16-33)37-21-7-3-19(4-8-21)32-24(35)18-14-34(15-18)20-9-11-30-31-13-20/h1-9,11,13,18,23H,10,12,14-16H2,(H,32,35)/t23-/m1/s1. The number of benzene rings is 2. The highest BCUT2D eigenvalue weighted by atomic mass is 19.4. The van der Waals surface area contributed by atoms with E-state index in [9.17, 15) is 22.8 Å². The molecule has 0 unspecified atom stereocenters. The van der Waals surface area contributed by atoms with Gasteiger partial charge in [-0.2, -0.15) is 10.2 Å². The number of amides is 2.